The predicted molar refractivity (Wildman–Crippen MR) is 97.7 cm³/mol. The van der Waals surface area contributed by atoms with Gasteiger partial charge in [0.15, 0.2) is 6.61 Å². The highest BCUT2D eigenvalue weighted by atomic mass is 79.9. The molecule has 2 amide bonds. The quantitative estimate of drug-likeness (QED) is 0.673. The van der Waals surface area contributed by atoms with Crippen LogP contribution in [-0.2, 0) is 4.79 Å². The number of halogens is 4. The lowest BCUT2D eigenvalue weighted by Crippen LogP contribution is -2.27. The van der Waals surface area contributed by atoms with E-state index < -0.39 is 12.8 Å². The van der Waals surface area contributed by atoms with Gasteiger partial charge in [-0.25, -0.2) is 0 Å². The highest BCUT2D eigenvalue weighted by Crippen LogP contribution is 2.20. The standard InChI is InChI=1S/C18H16BrF3N2O3/c19-13-3-1-12(2-4-13)17(26)23-10-9-16(25)24-14-5-7-15(8-6-14)27-11-18(20,21)22/h1-8H,9-11H2,(H,23,26)(H,24,25). The van der Waals surface area contributed by atoms with Gasteiger partial charge in [-0.2, -0.15) is 13.2 Å². The predicted octanol–water partition coefficient (Wildman–Crippen LogP) is 4.15. The molecule has 0 aliphatic heterocycles. The molecule has 2 aromatic rings. The first-order valence-electron chi connectivity index (χ1n) is 7.86. The van der Waals surface area contributed by atoms with Crippen LogP contribution in [0.5, 0.6) is 5.75 Å². The fourth-order valence-electron chi connectivity index (χ4n) is 2.02. The summed E-state index contributed by atoms with van der Waals surface area (Å²) >= 11 is 3.28. The van der Waals surface area contributed by atoms with Crippen LogP contribution in [0.2, 0.25) is 0 Å². The first-order chi connectivity index (χ1) is 12.7. The average Bonchev–Trinajstić information content (AvgIpc) is 2.61. The zero-order chi connectivity index (χ0) is 19.9. The SMILES string of the molecule is O=C(CCNC(=O)c1ccc(Br)cc1)Nc1ccc(OCC(F)(F)F)cc1. The number of rotatable bonds is 7. The van der Waals surface area contributed by atoms with Crippen molar-refractivity contribution >= 4 is 33.4 Å². The minimum atomic E-state index is -4.41. The summed E-state index contributed by atoms with van der Waals surface area (Å²) < 4.78 is 41.7. The molecule has 0 unspecified atom stereocenters. The van der Waals surface area contributed by atoms with E-state index >= 15 is 0 Å². The Morgan fingerprint density at radius 2 is 1.63 bits per heavy atom. The van der Waals surface area contributed by atoms with Gasteiger partial charge < -0.3 is 15.4 Å². The maximum atomic E-state index is 12.1. The zero-order valence-electron chi connectivity index (χ0n) is 14.0. The normalized spacial score (nSPS) is 11.0. The number of benzene rings is 2. The largest absolute Gasteiger partial charge is 0.484 e. The van der Waals surface area contributed by atoms with Gasteiger partial charge >= 0.3 is 6.18 Å². The van der Waals surface area contributed by atoms with Gasteiger partial charge in [0, 0.05) is 28.7 Å². The molecular formula is C18H16BrF3N2O3. The molecule has 2 rings (SSSR count). The van der Waals surface area contributed by atoms with Crippen LogP contribution in [0.15, 0.2) is 53.0 Å². The van der Waals surface area contributed by atoms with E-state index in [1.54, 1.807) is 24.3 Å². The fourth-order valence-corrected chi connectivity index (χ4v) is 2.28. The summed E-state index contributed by atoms with van der Waals surface area (Å²) in [5, 5.41) is 5.22. The number of hydrogen-bond acceptors (Lipinski definition) is 3. The number of amides is 2. The second-order valence-electron chi connectivity index (χ2n) is 5.49. The third-order valence-electron chi connectivity index (χ3n) is 3.28. The van der Waals surface area contributed by atoms with Crippen LogP contribution in [-0.4, -0.2) is 31.1 Å². The number of ether oxygens (including phenoxy) is 1. The van der Waals surface area contributed by atoms with E-state index in [2.05, 4.69) is 31.3 Å². The molecule has 144 valence electrons. The van der Waals surface area contributed by atoms with Gasteiger partial charge in [0.25, 0.3) is 5.91 Å². The molecule has 0 radical (unpaired) electrons. The molecule has 0 saturated carbocycles. The van der Waals surface area contributed by atoms with Crippen molar-refractivity contribution in [2.24, 2.45) is 0 Å². The molecule has 0 saturated heterocycles. The van der Waals surface area contributed by atoms with Crippen LogP contribution in [0.25, 0.3) is 0 Å². The molecule has 0 aromatic heterocycles. The summed E-state index contributed by atoms with van der Waals surface area (Å²) in [5.41, 5.74) is 0.895. The number of nitrogens with one attached hydrogen (secondary N) is 2. The van der Waals surface area contributed by atoms with E-state index in [-0.39, 0.29) is 30.5 Å². The van der Waals surface area contributed by atoms with Crippen molar-refractivity contribution in [2.45, 2.75) is 12.6 Å². The lowest BCUT2D eigenvalue weighted by atomic mass is 10.2. The highest BCUT2D eigenvalue weighted by Gasteiger charge is 2.28. The van der Waals surface area contributed by atoms with Crippen LogP contribution in [0.4, 0.5) is 18.9 Å². The van der Waals surface area contributed by atoms with Gasteiger partial charge in [0.1, 0.15) is 5.75 Å². The summed E-state index contributed by atoms with van der Waals surface area (Å²) in [6, 6.07) is 12.3. The molecule has 2 aromatic carbocycles. The molecule has 2 N–H and O–H groups in total. The van der Waals surface area contributed by atoms with Crippen LogP contribution >= 0.6 is 15.9 Å². The molecule has 0 spiro atoms. The lowest BCUT2D eigenvalue weighted by molar-refractivity contribution is -0.153. The van der Waals surface area contributed by atoms with Gasteiger partial charge in [-0.3, -0.25) is 9.59 Å². The van der Waals surface area contributed by atoms with Crippen molar-refractivity contribution in [2.75, 3.05) is 18.5 Å². The third kappa shape index (κ3) is 7.69. The Balaban J connectivity index is 1.73. The summed E-state index contributed by atoms with van der Waals surface area (Å²) in [5.74, 6) is -0.580. The molecule has 0 aliphatic rings. The number of anilines is 1. The van der Waals surface area contributed by atoms with Crippen molar-refractivity contribution in [3.8, 4) is 5.75 Å². The smallest absolute Gasteiger partial charge is 0.422 e. The Labute approximate surface area is 162 Å². The molecule has 0 fully saturated rings. The topological polar surface area (TPSA) is 67.4 Å². The van der Waals surface area contributed by atoms with Crippen LogP contribution in [0, 0.1) is 0 Å². The Bertz CT molecular complexity index is 778. The monoisotopic (exact) mass is 444 g/mol. The summed E-state index contributed by atoms with van der Waals surface area (Å²) in [7, 11) is 0. The van der Waals surface area contributed by atoms with Gasteiger partial charge in [0.05, 0.1) is 0 Å². The van der Waals surface area contributed by atoms with Crippen molar-refractivity contribution in [3.63, 3.8) is 0 Å². The van der Waals surface area contributed by atoms with Crippen molar-refractivity contribution in [3.05, 3.63) is 58.6 Å². The Kier molecular flexibility index (Phi) is 7.23. The fraction of sp³-hybridized carbons (Fsp3) is 0.222. The van der Waals surface area contributed by atoms with Gasteiger partial charge in [-0.1, -0.05) is 15.9 Å². The Morgan fingerprint density at radius 3 is 2.22 bits per heavy atom. The number of carbonyl (C=O) groups excluding carboxylic acids is 2. The van der Waals surface area contributed by atoms with Gasteiger partial charge in [-0.15, -0.1) is 0 Å². The van der Waals surface area contributed by atoms with E-state index in [9.17, 15) is 22.8 Å². The van der Waals surface area contributed by atoms with Crippen molar-refractivity contribution in [1.29, 1.82) is 0 Å². The van der Waals surface area contributed by atoms with Crippen molar-refractivity contribution in [1.82, 2.24) is 5.32 Å². The van der Waals surface area contributed by atoms with Crippen molar-refractivity contribution < 1.29 is 27.5 Å². The first kappa shape index (κ1) is 20.8. The molecule has 9 heteroatoms. The summed E-state index contributed by atoms with van der Waals surface area (Å²) in [6.45, 7) is -1.23. The van der Waals surface area contributed by atoms with Crippen LogP contribution in [0.3, 0.4) is 0 Å². The summed E-state index contributed by atoms with van der Waals surface area (Å²) in [6.07, 6.45) is -4.36. The molecular weight excluding hydrogens is 429 g/mol. The maximum absolute atomic E-state index is 12.1. The van der Waals surface area contributed by atoms with E-state index in [4.69, 9.17) is 0 Å². The second kappa shape index (κ2) is 9.40. The number of carbonyl (C=O) groups is 2. The van der Waals surface area contributed by atoms with Gasteiger partial charge in [0.2, 0.25) is 5.91 Å². The first-order valence-corrected chi connectivity index (χ1v) is 8.65. The Hall–Kier alpha value is -2.55. The average molecular weight is 445 g/mol. The molecule has 0 bridgehead atoms. The van der Waals surface area contributed by atoms with E-state index in [0.29, 0.717) is 11.3 Å². The molecule has 5 nitrogen and oxygen atoms in total. The lowest BCUT2D eigenvalue weighted by Gasteiger charge is -2.10. The van der Waals surface area contributed by atoms with Crippen LogP contribution < -0.4 is 15.4 Å². The zero-order valence-corrected chi connectivity index (χ0v) is 15.6. The highest BCUT2D eigenvalue weighted by molar-refractivity contribution is 9.10. The molecule has 0 aliphatic carbocycles. The van der Waals surface area contributed by atoms with Crippen LogP contribution in [0.1, 0.15) is 16.8 Å². The minimum absolute atomic E-state index is 0.0482. The molecule has 27 heavy (non-hydrogen) atoms. The molecule has 0 atom stereocenters. The van der Waals surface area contributed by atoms with E-state index in [0.717, 1.165) is 4.47 Å². The second-order valence-corrected chi connectivity index (χ2v) is 6.40. The van der Waals surface area contributed by atoms with Gasteiger partial charge in [-0.05, 0) is 48.5 Å². The number of alkyl halides is 3. The van der Waals surface area contributed by atoms with E-state index in [1.165, 1.54) is 24.3 Å². The maximum Gasteiger partial charge on any atom is 0.422 e. The minimum Gasteiger partial charge on any atom is -0.484 e. The third-order valence-corrected chi connectivity index (χ3v) is 3.81. The van der Waals surface area contributed by atoms with E-state index in [1.807, 2.05) is 0 Å². The molecule has 0 heterocycles. The number of hydrogen-bond donors (Lipinski definition) is 2. The summed E-state index contributed by atoms with van der Waals surface area (Å²) in [4.78, 5) is 23.8. The Morgan fingerprint density at radius 1 is 1.00 bits per heavy atom.